The average molecular weight is 378 g/mol. The molecule has 0 atom stereocenters. The molecule has 1 aliphatic carbocycles. The van der Waals surface area contributed by atoms with Crippen molar-refractivity contribution in [2.45, 2.75) is 26.3 Å². The van der Waals surface area contributed by atoms with Gasteiger partial charge in [-0.25, -0.2) is 0 Å². The SMILES string of the molecule is Cc1cccc(N2CCN(C(=O)C3(C(=O)NCc4cccnc4)CC3)CC2)c1. The molecule has 6 nitrogen and oxygen atoms in total. The lowest BCUT2D eigenvalue weighted by molar-refractivity contribution is -0.144. The van der Waals surface area contributed by atoms with Crippen LogP contribution in [-0.4, -0.2) is 47.9 Å². The fourth-order valence-electron chi connectivity index (χ4n) is 3.81. The van der Waals surface area contributed by atoms with E-state index >= 15 is 0 Å². The Hall–Kier alpha value is -2.89. The highest BCUT2D eigenvalue weighted by Crippen LogP contribution is 2.47. The van der Waals surface area contributed by atoms with E-state index in [9.17, 15) is 9.59 Å². The Kier molecular flexibility index (Phi) is 5.03. The fraction of sp³-hybridized carbons (Fsp3) is 0.409. The van der Waals surface area contributed by atoms with Crippen LogP contribution in [0.5, 0.6) is 0 Å². The first kappa shape index (κ1) is 18.5. The molecular weight excluding hydrogens is 352 g/mol. The number of aryl methyl sites for hydroxylation is 1. The van der Waals surface area contributed by atoms with Crippen molar-refractivity contribution >= 4 is 17.5 Å². The molecule has 1 aromatic heterocycles. The normalized spacial score (nSPS) is 17.9. The fourth-order valence-corrected chi connectivity index (χ4v) is 3.81. The molecule has 1 saturated carbocycles. The van der Waals surface area contributed by atoms with Gasteiger partial charge in [0.1, 0.15) is 5.41 Å². The van der Waals surface area contributed by atoms with E-state index in [4.69, 9.17) is 0 Å². The highest BCUT2D eigenvalue weighted by Gasteiger charge is 2.58. The maximum Gasteiger partial charge on any atom is 0.238 e. The van der Waals surface area contributed by atoms with E-state index in [-0.39, 0.29) is 11.8 Å². The molecular formula is C22H26N4O2. The van der Waals surface area contributed by atoms with Crippen LogP contribution in [0.4, 0.5) is 5.69 Å². The van der Waals surface area contributed by atoms with Crippen LogP contribution in [0.15, 0.2) is 48.8 Å². The second kappa shape index (κ2) is 7.62. The molecule has 2 fully saturated rings. The smallest absolute Gasteiger partial charge is 0.238 e. The van der Waals surface area contributed by atoms with Crippen LogP contribution in [0.25, 0.3) is 0 Å². The second-order valence-electron chi connectivity index (χ2n) is 7.74. The molecule has 28 heavy (non-hydrogen) atoms. The number of benzene rings is 1. The average Bonchev–Trinajstić information content (AvgIpc) is 3.54. The van der Waals surface area contributed by atoms with Gasteiger partial charge in [0.2, 0.25) is 11.8 Å². The van der Waals surface area contributed by atoms with Crippen LogP contribution in [0.3, 0.4) is 0 Å². The largest absolute Gasteiger partial charge is 0.368 e. The third-order valence-corrected chi connectivity index (χ3v) is 5.70. The van der Waals surface area contributed by atoms with Crippen LogP contribution >= 0.6 is 0 Å². The van der Waals surface area contributed by atoms with Gasteiger partial charge in [-0.15, -0.1) is 0 Å². The standard InChI is InChI=1S/C22H26N4O2/c1-17-4-2-6-19(14-17)25-10-12-26(13-11-25)21(28)22(7-8-22)20(27)24-16-18-5-3-9-23-15-18/h2-6,9,14-15H,7-8,10-13,16H2,1H3,(H,24,27). The summed E-state index contributed by atoms with van der Waals surface area (Å²) in [6.45, 7) is 5.40. The van der Waals surface area contributed by atoms with E-state index in [1.165, 1.54) is 11.3 Å². The zero-order chi connectivity index (χ0) is 19.6. The quantitative estimate of drug-likeness (QED) is 0.810. The van der Waals surface area contributed by atoms with E-state index in [0.29, 0.717) is 32.5 Å². The maximum absolute atomic E-state index is 13.1. The Balaban J connectivity index is 1.33. The zero-order valence-corrected chi connectivity index (χ0v) is 16.2. The van der Waals surface area contributed by atoms with Gasteiger partial charge in [0.15, 0.2) is 0 Å². The Labute approximate surface area is 165 Å². The van der Waals surface area contributed by atoms with Crippen molar-refractivity contribution in [2.75, 3.05) is 31.1 Å². The van der Waals surface area contributed by atoms with E-state index in [1.54, 1.807) is 12.4 Å². The first-order valence-corrected chi connectivity index (χ1v) is 9.87. The molecule has 4 rings (SSSR count). The molecule has 2 aliphatic rings. The second-order valence-corrected chi connectivity index (χ2v) is 7.74. The summed E-state index contributed by atoms with van der Waals surface area (Å²) in [6, 6.07) is 12.2. The van der Waals surface area contributed by atoms with E-state index in [0.717, 1.165) is 18.7 Å². The predicted octanol–water partition coefficient (Wildman–Crippen LogP) is 2.14. The van der Waals surface area contributed by atoms with Gasteiger partial charge in [0, 0.05) is 50.8 Å². The number of rotatable bonds is 5. The monoisotopic (exact) mass is 378 g/mol. The number of carbonyl (C=O) groups excluding carboxylic acids is 2. The van der Waals surface area contributed by atoms with Crippen LogP contribution in [0.2, 0.25) is 0 Å². The molecule has 0 unspecified atom stereocenters. The summed E-state index contributed by atoms with van der Waals surface area (Å²) in [7, 11) is 0. The van der Waals surface area contributed by atoms with Crippen LogP contribution in [0, 0.1) is 12.3 Å². The van der Waals surface area contributed by atoms with Crippen LogP contribution in [-0.2, 0) is 16.1 Å². The maximum atomic E-state index is 13.1. The summed E-state index contributed by atoms with van der Waals surface area (Å²) in [5.74, 6) is -0.164. The molecule has 6 heteroatoms. The molecule has 1 aliphatic heterocycles. The molecule has 0 radical (unpaired) electrons. The van der Waals surface area contributed by atoms with E-state index in [2.05, 4.69) is 46.4 Å². The molecule has 2 heterocycles. The summed E-state index contributed by atoms with van der Waals surface area (Å²) < 4.78 is 0. The lowest BCUT2D eigenvalue weighted by Gasteiger charge is -2.37. The van der Waals surface area contributed by atoms with Gasteiger partial charge >= 0.3 is 0 Å². The number of piperazine rings is 1. The van der Waals surface area contributed by atoms with Crippen molar-refractivity contribution in [3.8, 4) is 0 Å². The molecule has 146 valence electrons. The number of amides is 2. The van der Waals surface area contributed by atoms with Gasteiger partial charge in [-0.2, -0.15) is 0 Å². The number of nitrogens with one attached hydrogen (secondary N) is 1. The van der Waals surface area contributed by atoms with Crippen LogP contribution in [0.1, 0.15) is 24.0 Å². The third-order valence-electron chi connectivity index (χ3n) is 5.70. The van der Waals surface area contributed by atoms with Crippen molar-refractivity contribution in [3.63, 3.8) is 0 Å². The minimum Gasteiger partial charge on any atom is -0.368 e. The summed E-state index contributed by atoms with van der Waals surface area (Å²) in [6.07, 6.45) is 4.71. The molecule has 1 saturated heterocycles. The van der Waals surface area contributed by atoms with E-state index in [1.807, 2.05) is 17.0 Å². The number of nitrogens with zero attached hydrogens (tertiary/aromatic N) is 3. The zero-order valence-electron chi connectivity index (χ0n) is 16.2. The third kappa shape index (κ3) is 3.72. The van der Waals surface area contributed by atoms with Crippen molar-refractivity contribution in [3.05, 3.63) is 59.9 Å². The molecule has 2 aromatic rings. The topological polar surface area (TPSA) is 65.5 Å². The lowest BCUT2D eigenvalue weighted by atomic mass is 10.0. The van der Waals surface area contributed by atoms with Crippen molar-refractivity contribution in [2.24, 2.45) is 5.41 Å². The number of hydrogen-bond donors (Lipinski definition) is 1. The highest BCUT2D eigenvalue weighted by molar-refractivity contribution is 6.07. The van der Waals surface area contributed by atoms with Gasteiger partial charge < -0.3 is 15.1 Å². The number of hydrogen-bond acceptors (Lipinski definition) is 4. The summed E-state index contributed by atoms with van der Waals surface area (Å²) in [5, 5.41) is 2.93. The Morgan fingerprint density at radius 2 is 1.89 bits per heavy atom. The number of carbonyl (C=O) groups is 2. The van der Waals surface area contributed by atoms with Gasteiger partial charge in [0.05, 0.1) is 0 Å². The molecule has 1 aromatic carbocycles. The van der Waals surface area contributed by atoms with Crippen molar-refractivity contribution in [1.82, 2.24) is 15.2 Å². The molecule has 0 spiro atoms. The van der Waals surface area contributed by atoms with Crippen molar-refractivity contribution < 1.29 is 9.59 Å². The first-order chi connectivity index (χ1) is 13.6. The summed E-state index contributed by atoms with van der Waals surface area (Å²) in [5.41, 5.74) is 2.51. The van der Waals surface area contributed by atoms with Gasteiger partial charge in [-0.05, 0) is 49.1 Å². The van der Waals surface area contributed by atoms with Gasteiger partial charge in [-0.1, -0.05) is 18.2 Å². The number of pyridine rings is 1. The number of anilines is 1. The molecule has 1 N–H and O–H groups in total. The van der Waals surface area contributed by atoms with Crippen molar-refractivity contribution in [1.29, 1.82) is 0 Å². The van der Waals surface area contributed by atoms with Crippen LogP contribution < -0.4 is 10.2 Å². The molecule has 0 bridgehead atoms. The molecule has 2 amide bonds. The highest BCUT2D eigenvalue weighted by atomic mass is 16.2. The Morgan fingerprint density at radius 3 is 2.54 bits per heavy atom. The minimum atomic E-state index is -0.853. The Morgan fingerprint density at radius 1 is 1.11 bits per heavy atom. The van der Waals surface area contributed by atoms with Gasteiger partial charge in [0.25, 0.3) is 0 Å². The number of aromatic nitrogens is 1. The minimum absolute atomic E-state index is 0.0138. The lowest BCUT2D eigenvalue weighted by Crippen LogP contribution is -2.53. The summed E-state index contributed by atoms with van der Waals surface area (Å²) in [4.78, 5) is 34.0. The first-order valence-electron chi connectivity index (χ1n) is 9.87. The van der Waals surface area contributed by atoms with E-state index < -0.39 is 5.41 Å². The van der Waals surface area contributed by atoms with Gasteiger partial charge in [-0.3, -0.25) is 14.6 Å². The predicted molar refractivity (Wildman–Crippen MR) is 108 cm³/mol. The summed E-state index contributed by atoms with van der Waals surface area (Å²) >= 11 is 0. The Bertz CT molecular complexity index is 856.